The first kappa shape index (κ1) is 12.1. The Hall–Kier alpha value is -1.94. The number of ether oxygens (including phenoxy) is 1. The van der Waals surface area contributed by atoms with Crippen LogP contribution in [0.2, 0.25) is 0 Å². The molecule has 0 unspecified atom stereocenters. The van der Waals surface area contributed by atoms with Gasteiger partial charge in [-0.3, -0.25) is 4.98 Å². The zero-order valence-corrected chi connectivity index (χ0v) is 10.7. The summed E-state index contributed by atoms with van der Waals surface area (Å²) in [5.41, 5.74) is 7.73. The Kier molecular flexibility index (Phi) is 2.75. The molecule has 1 aromatic carbocycles. The van der Waals surface area contributed by atoms with Gasteiger partial charge in [0.2, 0.25) is 0 Å². The highest BCUT2D eigenvalue weighted by molar-refractivity contribution is 5.44. The molecule has 4 heteroatoms. The summed E-state index contributed by atoms with van der Waals surface area (Å²) in [7, 11) is 0. The van der Waals surface area contributed by atoms with E-state index >= 15 is 0 Å². The number of pyridine rings is 1. The van der Waals surface area contributed by atoms with Gasteiger partial charge in [0, 0.05) is 12.6 Å². The molecule has 0 bridgehead atoms. The van der Waals surface area contributed by atoms with E-state index in [1.807, 2.05) is 12.1 Å². The number of nitrogens with zero attached hydrogens (tertiary/aromatic N) is 1. The van der Waals surface area contributed by atoms with E-state index in [2.05, 4.69) is 4.98 Å². The summed E-state index contributed by atoms with van der Waals surface area (Å²) in [5.74, 6) is 0.434. The molecule has 0 aliphatic carbocycles. The molecule has 3 rings (SSSR count). The first-order valence-corrected chi connectivity index (χ1v) is 6.25. The first-order chi connectivity index (χ1) is 9.11. The van der Waals surface area contributed by atoms with E-state index in [1.54, 1.807) is 25.3 Å². The first-order valence-electron chi connectivity index (χ1n) is 6.25. The molecule has 0 spiro atoms. The van der Waals surface area contributed by atoms with Crippen LogP contribution in [0.5, 0.6) is 5.75 Å². The molecule has 1 atom stereocenters. The van der Waals surface area contributed by atoms with Crippen LogP contribution in [0.15, 0.2) is 36.5 Å². The summed E-state index contributed by atoms with van der Waals surface area (Å²) in [5, 5.41) is 0. The normalized spacial score (nSPS) is 21.6. The molecule has 3 nitrogen and oxygen atoms in total. The number of benzene rings is 1. The largest absolute Gasteiger partial charge is 0.491 e. The van der Waals surface area contributed by atoms with Gasteiger partial charge in [0.25, 0.3) is 0 Å². The van der Waals surface area contributed by atoms with Crippen molar-refractivity contribution in [1.29, 1.82) is 0 Å². The fraction of sp³-hybridized carbons (Fsp3) is 0.267. The van der Waals surface area contributed by atoms with Gasteiger partial charge in [0.15, 0.2) is 0 Å². The summed E-state index contributed by atoms with van der Waals surface area (Å²) >= 11 is 0. The molecule has 19 heavy (non-hydrogen) atoms. The molecule has 2 heterocycles. The SMILES string of the molecule is Cc1ccc([C@@]2(N)CCOc3cccnc32)cc1F. The van der Waals surface area contributed by atoms with E-state index in [0.717, 1.165) is 5.56 Å². The topological polar surface area (TPSA) is 48.1 Å². The Morgan fingerprint density at radius 3 is 3.00 bits per heavy atom. The van der Waals surface area contributed by atoms with Crippen molar-refractivity contribution >= 4 is 0 Å². The number of fused-ring (bicyclic) bond motifs is 1. The van der Waals surface area contributed by atoms with Gasteiger partial charge in [-0.15, -0.1) is 0 Å². The van der Waals surface area contributed by atoms with Crippen LogP contribution in [0.1, 0.15) is 23.2 Å². The number of nitrogens with two attached hydrogens (primary N) is 1. The minimum absolute atomic E-state index is 0.244. The molecule has 1 aromatic heterocycles. The lowest BCUT2D eigenvalue weighted by Gasteiger charge is -2.34. The highest BCUT2D eigenvalue weighted by Crippen LogP contribution is 2.38. The van der Waals surface area contributed by atoms with E-state index in [-0.39, 0.29) is 5.82 Å². The van der Waals surface area contributed by atoms with Gasteiger partial charge in [-0.1, -0.05) is 12.1 Å². The van der Waals surface area contributed by atoms with Gasteiger partial charge in [-0.25, -0.2) is 4.39 Å². The Bertz CT molecular complexity index is 629. The summed E-state index contributed by atoms with van der Waals surface area (Å²) in [4.78, 5) is 4.33. The predicted molar refractivity (Wildman–Crippen MR) is 70.5 cm³/mol. The number of aryl methyl sites for hydroxylation is 1. The number of halogens is 1. The third-order valence-electron chi connectivity index (χ3n) is 3.63. The Labute approximate surface area is 111 Å². The maximum Gasteiger partial charge on any atom is 0.143 e. The second kappa shape index (κ2) is 4.31. The zero-order chi connectivity index (χ0) is 13.5. The average molecular weight is 258 g/mol. The summed E-state index contributed by atoms with van der Waals surface area (Å²) in [6.07, 6.45) is 2.26. The molecule has 2 aromatic rings. The molecule has 0 saturated carbocycles. The Balaban J connectivity index is 2.16. The van der Waals surface area contributed by atoms with Gasteiger partial charge < -0.3 is 10.5 Å². The van der Waals surface area contributed by atoms with Gasteiger partial charge >= 0.3 is 0 Å². The molecule has 1 aliphatic rings. The van der Waals surface area contributed by atoms with Crippen LogP contribution in [0.4, 0.5) is 4.39 Å². The highest BCUT2D eigenvalue weighted by Gasteiger charge is 2.37. The quantitative estimate of drug-likeness (QED) is 0.855. The number of hydrogen-bond donors (Lipinski definition) is 1. The zero-order valence-electron chi connectivity index (χ0n) is 10.7. The lowest BCUT2D eigenvalue weighted by atomic mass is 9.82. The highest BCUT2D eigenvalue weighted by atomic mass is 19.1. The molecule has 0 saturated heterocycles. The third-order valence-corrected chi connectivity index (χ3v) is 3.63. The number of aromatic nitrogens is 1. The molecule has 2 N–H and O–H groups in total. The Morgan fingerprint density at radius 2 is 2.21 bits per heavy atom. The van der Waals surface area contributed by atoms with Crippen molar-refractivity contribution in [3.63, 3.8) is 0 Å². The summed E-state index contributed by atoms with van der Waals surface area (Å²) in [6, 6.07) is 8.76. The van der Waals surface area contributed by atoms with Crippen LogP contribution in [0.3, 0.4) is 0 Å². The van der Waals surface area contributed by atoms with Crippen molar-refractivity contribution in [3.8, 4) is 5.75 Å². The third kappa shape index (κ3) is 1.88. The van der Waals surface area contributed by atoms with Crippen LogP contribution in [-0.2, 0) is 5.54 Å². The Morgan fingerprint density at radius 1 is 1.37 bits per heavy atom. The van der Waals surface area contributed by atoms with E-state index in [0.29, 0.717) is 30.0 Å². The van der Waals surface area contributed by atoms with Gasteiger partial charge in [0.1, 0.15) is 17.3 Å². The van der Waals surface area contributed by atoms with Gasteiger partial charge in [-0.05, 0) is 36.2 Å². The van der Waals surface area contributed by atoms with Crippen molar-refractivity contribution < 1.29 is 9.13 Å². The number of rotatable bonds is 1. The number of hydrogen-bond acceptors (Lipinski definition) is 3. The lowest BCUT2D eigenvalue weighted by Crippen LogP contribution is -2.43. The molecule has 0 radical (unpaired) electrons. The monoisotopic (exact) mass is 258 g/mol. The van der Waals surface area contributed by atoms with Crippen molar-refractivity contribution in [2.24, 2.45) is 5.73 Å². The fourth-order valence-electron chi connectivity index (χ4n) is 2.43. The van der Waals surface area contributed by atoms with E-state index < -0.39 is 5.54 Å². The van der Waals surface area contributed by atoms with Crippen LogP contribution >= 0.6 is 0 Å². The smallest absolute Gasteiger partial charge is 0.143 e. The van der Waals surface area contributed by atoms with E-state index in [4.69, 9.17) is 10.5 Å². The van der Waals surface area contributed by atoms with E-state index in [9.17, 15) is 4.39 Å². The van der Waals surface area contributed by atoms with Crippen molar-refractivity contribution in [1.82, 2.24) is 4.98 Å². The minimum atomic E-state index is -0.788. The second-order valence-corrected chi connectivity index (χ2v) is 4.88. The van der Waals surface area contributed by atoms with Crippen molar-refractivity contribution in [3.05, 3.63) is 59.2 Å². The van der Waals surface area contributed by atoms with Crippen LogP contribution in [-0.4, -0.2) is 11.6 Å². The molecule has 98 valence electrons. The van der Waals surface area contributed by atoms with Crippen LogP contribution in [0.25, 0.3) is 0 Å². The molecule has 0 fully saturated rings. The lowest BCUT2D eigenvalue weighted by molar-refractivity contribution is 0.232. The van der Waals surface area contributed by atoms with Crippen LogP contribution in [0, 0.1) is 12.7 Å². The van der Waals surface area contributed by atoms with Crippen molar-refractivity contribution in [2.45, 2.75) is 18.9 Å². The predicted octanol–water partition coefficient (Wildman–Crippen LogP) is 2.51. The second-order valence-electron chi connectivity index (χ2n) is 4.88. The summed E-state index contributed by atoms with van der Waals surface area (Å²) in [6.45, 7) is 2.24. The molecular formula is C15H15FN2O. The summed E-state index contributed by atoms with van der Waals surface area (Å²) < 4.78 is 19.3. The van der Waals surface area contributed by atoms with Crippen molar-refractivity contribution in [2.75, 3.05) is 6.61 Å². The minimum Gasteiger partial charge on any atom is -0.491 e. The fourth-order valence-corrected chi connectivity index (χ4v) is 2.43. The molecular weight excluding hydrogens is 243 g/mol. The van der Waals surface area contributed by atoms with E-state index in [1.165, 1.54) is 6.07 Å². The maximum atomic E-state index is 13.8. The standard InChI is InChI=1S/C15H15FN2O/c1-10-4-5-11(9-12(10)16)15(17)6-8-19-13-3-2-7-18-14(13)15/h2-5,7,9H,6,8,17H2,1H3/t15-/m0/s1. The maximum absolute atomic E-state index is 13.8. The molecule has 0 amide bonds. The van der Waals surface area contributed by atoms with Gasteiger partial charge in [0.05, 0.1) is 12.1 Å². The average Bonchev–Trinajstić information content (AvgIpc) is 2.42. The molecule has 1 aliphatic heterocycles. The van der Waals surface area contributed by atoms with Gasteiger partial charge in [-0.2, -0.15) is 0 Å². The van der Waals surface area contributed by atoms with Crippen LogP contribution < -0.4 is 10.5 Å².